The number of ketones is 1. The molecule has 0 unspecified atom stereocenters. The normalized spacial score (nSPS) is 10.7. The third kappa shape index (κ3) is 3.73. The quantitative estimate of drug-likeness (QED) is 0.220. The van der Waals surface area contributed by atoms with E-state index in [1.165, 1.54) is 12.1 Å². The van der Waals surface area contributed by atoms with Crippen molar-refractivity contribution < 1.29 is 23.4 Å². The Kier molecular flexibility index (Phi) is 5.17. The number of hydrogen-bond donors (Lipinski definition) is 0. The molecule has 0 spiro atoms. The summed E-state index contributed by atoms with van der Waals surface area (Å²) in [6, 6.07) is 19.7. The largest absolute Gasteiger partial charge is 0.618 e. The number of esters is 1. The second-order valence-electron chi connectivity index (χ2n) is 6.47. The maximum absolute atomic E-state index is 13.1. The van der Waals surface area contributed by atoms with Gasteiger partial charge in [-0.05, 0) is 30.3 Å². The van der Waals surface area contributed by atoms with E-state index in [1.807, 2.05) is 0 Å². The molecule has 1 heterocycles. The molecule has 30 heavy (non-hydrogen) atoms. The summed E-state index contributed by atoms with van der Waals surface area (Å²) < 4.78 is 18.8. The topological polar surface area (TPSA) is 83.2 Å². The van der Waals surface area contributed by atoms with Gasteiger partial charge >= 0.3 is 5.97 Å². The molecule has 0 amide bonds. The molecule has 7 heteroatoms. The maximum atomic E-state index is 13.1. The average Bonchev–Trinajstić information content (AvgIpc) is 2.78. The van der Waals surface area contributed by atoms with E-state index in [1.54, 1.807) is 54.6 Å². The van der Waals surface area contributed by atoms with Crippen molar-refractivity contribution in [3.63, 3.8) is 0 Å². The summed E-state index contributed by atoms with van der Waals surface area (Å²) in [6.45, 7) is -0.392. The summed E-state index contributed by atoms with van der Waals surface area (Å²) in [6.07, 6.45) is 0. The lowest BCUT2D eigenvalue weighted by atomic mass is 10.1. The van der Waals surface area contributed by atoms with E-state index in [4.69, 9.17) is 4.74 Å². The third-order valence-corrected chi connectivity index (χ3v) is 4.50. The van der Waals surface area contributed by atoms with Crippen molar-refractivity contribution in [1.82, 2.24) is 4.98 Å². The Bertz CT molecular complexity index is 1240. The summed E-state index contributed by atoms with van der Waals surface area (Å²) in [4.78, 5) is 29.7. The van der Waals surface area contributed by atoms with Crippen LogP contribution in [0, 0.1) is 11.0 Å². The molecule has 0 fully saturated rings. The van der Waals surface area contributed by atoms with Crippen LogP contribution in [0.15, 0.2) is 78.9 Å². The Hall–Kier alpha value is -4.13. The molecular weight excluding hydrogens is 387 g/mol. The summed E-state index contributed by atoms with van der Waals surface area (Å²) in [5.41, 5.74) is 0.864. The minimum Gasteiger partial charge on any atom is -0.618 e. The van der Waals surface area contributed by atoms with Crippen LogP contribution in [-0.4, -0.2) is 16.7 Å². The van der Waals surface area contributed by atoms with Gasteiger partial charge in [-0.15, -0.1) is 0 Å². The van der Waals surface area contributed by atoms with Crippen LogP contribution < -0.4 is 4.73 Å². The lowest BCUT2D eigenvalue weighted by Crippen LogP contribution is -2.38. The van der Waals surface area contributed by atoms with Crippen molar-refractivity contribution in [3.8, 4) is 0 Å². The van der Waals surface area contributed by atoms with Gasteiger partial charge in [-0.3, -0.25) is 4.79 Å². The second kappa shape index (κ2) is 8.08. The number of fused-ring (bicyclic) bond motifs is 1. The van der Waals surface area contributed by atoms with Crippen molar-refractivity contribution in [3.05, 3.63) is 112 Å². The number of carbonyl (C=O) groups is 2. The summed E-state index contributed by atoms with van der Waals surface area (Å²) in [5, 5.41) is 13.0. The summed E-state index contributed by atoms with van der Waals surface area (Å²) in [5.74, 6) is -1.73. The van der Waals surface area contributed by atoms with Gasteiger partial charge in [0.15, 0.2) is 5.69 Å². The van der Waals surface area contributed by atoms with Gasteiger partial charge in [0, 0.05) is 11.6 Å². The Morgan fingerprint density at radius 3 is 2.30 bits per heavy atom. The zero-order valence-electron chi connectivity index (χ0n) is 15.6. The minimum absolute atomic E-state index is 0.0352. The van der Waals surface area contributed by atoms with Gasteiger partial charge in [0.25, 0.3) is 11.5 Å². The molecule has 0 N–H and O–H groups in total. The highest BCUT2D eigenvalue weighted by Crippen LogP contribution is 2.16. The summed E-state index contributed by atoms with van der Waals surface area (Å²) in [7, 11) is 0. The van der Waals surface area contributed by atoms with Crippen LogP contribution in [0.4, 0.5) is 4.39 Å². The molecule has 1 aromatic heterocycles. The molecule has 6 nitrogen and oxygen atoms in total. The van der Waals surface area contributed by atoms with E-state index in [0.717, 1.165) is 12.1 Å². The highest BCUT2D eigenvalue weighted by atomic mass is 19.1. The van der Waals surface area contributed by atoms with Gasteiger partial charge < -0.3 is 9.94 Å². The van der Waals surface area contributed by atoms with E-state index in [-0.39, 0.29) is 22.5 Å². The van der Waals surface area contributed by atoms with E-state index in [9.17, 15) is 19.2 Å². The molecule has 0 radical (unpaired) electrons. The van der Waals surface area contributed by atoms with Crippen molar-refractivity contribution in [2.45, 2.75) is 6.61 Å². The number of nitrogens with zero attached hydrogens (tertiary/aromatic N) is 2. The van der Waals surface area contributed by atoms with E-state index < -0.39 is 24.2 Å². The number of hydrogen-bond acceptors (Lipinski definition) is 5. The Balaban J connectivity index is 1.73. The summed E-state index contributed by atoms with van der Waals surface area (Å²) >= 11 is 0. The van der Waals surface area contributed by atoms with Crippen LogP contribution in [0.25, 0.3) is 11.0 Å². The predicted octanol–water partition coefficient (Wildman–Crippen LogP) is 3.60. The van der Waals surface area contributed by atoms with Crippen LogP contribution in [0.1, 0.15) is 32.1 Å². The van der Waals surface area contributed by atoms with Crippen molar-refractivity contribution in [2.75, 3.05) is 0 Å². The molecule has 0 saturated carbocycles. The molecule has 4 aromatic rings. The number of benzene rings is 3. The highest BCUT2D eigenvalue weighted by molar-refractivity contribution is 6.07. The fourth-order valence-electron chi connectivity index (χ4n) is 3.02. The van der Waals surface area contributed by atoms with Gasteiger partial charge in [-0.25, -0.2) is 14.2 Å². The van der Waals surface area contributed by atoms with Crippen LogP contribution in [0.2, 0.25) is 0 Å². The monoisotopic (exact) mass is 402 g/mol. The van der Waals surface area contributed by atoms with Gasteiger partial charge in [-0.2, -0.15) is 4.73 Å². The van der Waals surface area contributed by atoms with Gasteiger partial charge in [0.1, 0.15) is 17.9 Å². The smallest absolute Gasteiger partial charge is 0.338 e. The number of halogens is 1. The molecule has 0 aliphatic heterocycles. The molecule has 3 aromatic carbocycles. The molecule has 0 bridgehead atoms. The van der Waals surface area contributed by atoms with Gasteiger partial charge in [-0.1, -0.05) is 42.5 Å². The third-order valence-electron chi connectivity index (χ3n) is 4.50. The Morgan fingerprint density at radius 2 is 1.57 bits per heavy atom. The molecule has 148 valence electrons. The number of carbonyl (C=O) groups excluding carboxylic acids is 2. The first-order chi connectivity index (χ1) is 14.5. The van der Waals surface area contributed by atoms with Crippen LogP contribution >= 0.6 is 0 Å². The first-order valence-corrected chi connectivity index (χ1v) is 9.08. The number of para-hydroxylation sites is 2. The second-order valence-corrected chi connectivity index (χ2v) is 6.47. The SMILES string of the molecule is O=C(OCc1nc2ccccc2[n+]([O-])c1C(=O)c1ccccc1)c1ccc(F)cc1. The number of ether oxygens (including phenoxy) is 1. The van der Waals surface area contributed by atoms with Crippen molar-refractivity contribution >= 4 is 22.8 Å². The maximum Gasteiger partial charge on any atom is 0.338 e. The highest BCUT2D eigenvalue weighted by Gasteiger charge is 2.28. The van der Waals surface area contributed by atoms with E-state index in [2.05, 4.69) is 4.98 Å². The molecule has 0 saturated heterocycles. The lowest BCUT2D eigenvalue weighted by molar-refractivity contribution is -0.580. The van der Waals surface area contributed by atoms with E-state index >= 15 is 0 Å². The molecule has 0 atom stereocenters. The molecule has 4 rings (SSSR count). The Labute approximate surface area is 170 Å². The van der Waals surface area contributed by atoms with Gasteiger partial charge in [0.2, 0.25) is 5.52 Å². The van der Waals surface area contributed by atoms with Crippen molar-refractivity contribution in [1.29, 1.82) is 0 Å². The standard InChI is InChI=1S/C23H15FN2O4/c24-17-12-10-16(11-13-17)23(28)30-14-19-21(22(27)15-6-2-1-3-7-15)26(29)20-9-5-4-8-18(20)25-19/h1-13H,14H2. The zero-order chi connectivity index (χ0) is 21.1. The van der Waals surface area contributed by atoms with Crippen LogP contribution in [-0.2, 0) is 11.3 Å². The first kappa shape index (κ1) is 19.2. The fourth-order valence-corrected chi connectivity index (χ4v) is 3.02. The fraction of sp³-hybridized carbons (Fsp3) is 0.0435. The Morgan fingerprint density at radius 1 is 0.900 bits per heavy atom. The molecule has 0 aliphatic carbocycles. The molecular formula is C23H15FN2O4. The average molecular weight is 402 g/mol. The van der Waals surface area contributed by atoms with Crippen LogP contribution in [0.3, 0.4) is 0 Å². The molecule has 0 aliphatic rings. The lowest BCUT2D eigenvalue weighted by Gasteiger charge is -2.12. The van der Waals surface area contributed by atoms with Crippen molar-refractivity contribution in [2.24, 2.45) is 0 Å². The number of rotatable bonds is 5. The predicted molar refractivity (Wildman–Crippen MR) is 106 cm³/mol. The van der Waals surface area contributed by atoms with E-state index in [0.29, 0.717) is 15.8 Å². The van der Waals surface area contributed by atoms with Gasteiger partial charge in [0.05, 0.1) is 5.56 Å². The zero-order valence-corrected chi connectivity index (χ0v) is 15.6. The minimum atomic E-state index is -0.722. The first-order valence-electron chi connectivity index (χ1n) is 9.08. The van der Waals surface area contributed by atoms with Crippen LogP contribution in [0.5, 0.6) is 0 Å². The number of aromatic nitrogens is 2.